The average molecular weight is 214 g/mol. The summed E-state index contributed by atoms with van der Waals surface area (Å²) in [5.74, 6) is 1.03. The van der Waals surface area contributed by atoms with Crippen LogP contribution >= 0.6 is 11.6 Å². The van der Waals surface area contributed by atoms with Crippen LogP contribution in [0.25, 0.3) is 0 Å². The lowest BCUT2D eigenvalue weighted by molar-refractivity contribution is 0.735. The number of aromatic nitrogens is 1. The normalized spacial score (nSPS) is 11.8. The fourth-order valence-electron chi connectivity index (χ4n) is 2.32. The summed E-state index contributed by atoms with van der Waals surface area (Å²) in [7, 11) is 2.05. The van der Waals surface area contributed by atoms with Crippen molar-refractivity contribution in [2.45, 2.75) is 46.5 Å². The smallest absolute Gasteiger partial charge is 0.112 e. The van der Waals surface area contributed by atoms with E-state index in [9.17, 15) is 0 Å². The van der Waals surface area contributed by atoms with Crippen LogP contribution in [-0.4, -0.2) is 4.57 Å². The van der Waals surface area contributed by atoms with E-state index in [1.165, 1.54) is 16.8 Å². The van der Waals surface area contributed by atoms with Crippen LogP contribution in [0, 0.1) is 6.92 Å². The second-order valence-electron chi connectivity index (χ2n) is 4.58. The van der Waals surface area contributed by atoms with Crippen LogP contribution in [0.5, 0.6) is 0 Å². The van der Waals surface area contributed by atoms with Crippen LogP contribution in [0.1, 0.15) is 56.4 Å². The molecule has 1 aromatic heterocycles. The molecule has 0 saturated carbocycles. The first kappa shape index (κ1) is 11.6. The molecule has 0 fully saturated rings. The van der Waals surface area contributed by atoms with Crippen molar-refractivity contribution in [3.8, 4) is 0 Å². The van der Waals surface area contributed by atoms with E-state index in [1.807, 2.05) is 0 Å². The molecule has 2 heteroatoms. The Balaban J connectivity index is 3.41. The molecule has 1 rings (SSSR count). The molecular formula is C12H20ClN. The van der Waals surface area contributed by atoms with Gasteiger partial charge in [0.15, 0.2) is 0 Å². The molecule has 1 heterocycles. The van der Waals surface area contributed by atoms with E-state index in [-0.39, 0.29) is 0 Å². The second kappa shape index (κ2) is 3.98. The predicted octanol–water partition coefficient (Wildman–Crippen LogP) is 4.23. The molecule has 0 spiro atoms. The lowest BCUT2D eigenvalue weighted by Gasteiger charge is -2.09. The van der Waals surface area contributed by atoms with E-state index in [0.29, 0.717) is 11.8 Å². The predicted molar refractivity (Wildman–Crippen MR) is 63.3 cm³/mol. The molecule has 0 atom stereocenters. The minimum absolute atomic E-state index is 0.501. The summed E-state index contributed by atoms with van der Waals surface area (Å²) < 4.78 is 2.12. The van der Waals surface area contributed by atoms with Crippen molar-refractivity contribution >= 4 is 11.6 Å². The van der Waals surface area contributed by atoms with Crippen molar-refractivity contribution in [1.29, 1.82) is 0 Å². The Hall–Kier alpha value is -0.430. The number of hydrogen-bond donors (Lipinski definition) is 0. The molecule has 0 amide bonds. The summed E-state index contributed by atoms with van der Waals surface area (Å²) in [5.41, 5.74) is 4.03. The van der Waals surface area contributed by atoms with E-state index >= 15 is 0 Å². The summed E-state index contributed by atoms with van der Waals surface area (Å²) >= 11 is 6.32. The van der Waals surface area contributed by atoms with E-state index in [1.54, 1.807) is 0 Å². The van der Waals surface area contributed by atoms with E-state index in [4.69, 9.17) is 11.6 Å². The topological polar surface area (TPSA) is 4.93 Å². The molecule has 0 aliphatic carbocycles. The van der Waals surface area contributed by atoms with Crippen LogP contribution < -0.4 is 0 Å². The van der Waals surface area contributed by atoms with Gasteiger partial charge in [0.05, 0.1) is 0 Å². The maximum Gasteiger partial charge on any atom is 0.112 e. The summed E-state index contributed by atoms with van der Waals surface area (Å²) in [6.45, 7) is 11.0. The largest absolute Gasteiger partial charge is 0.338 e. The van der Waals surface area contributed by atoms with Crippen LogP contribution in [0.2, 0.25) is 5.15 Å². The maximum atomic E-state index is 6.32. The van der Waals surface area contributed by atoms with Crippen molar-refractivity contribution in [1.82, 2.24) is 4.57 Å². The van der Waals surface area contributed by atoms with Crippen molar-refractivity contribution in [3.63, 3.8) is 0 Å². The number of nitrogens with zero attached hydrogens (tertiary/aromatic N) is 1. The van der Waals surface area contributed by atoms with Gasteiger partial charge in [0.25, 0.3) is 0 Å². The number of rotatable bonds is 2. The molecule has 0 aromatic carbocycles. The first-order valence-corrected chi connectivity index (χ1v) is 5.60. The summed E-state index contributed by atoms with van der Waals surface area (Å²) in [4.78, 5) is 0. The molecule has 0 N–H and O–H groups in total. The Bertz CT molecular complexity index is 303. The molecule has 0 radical (unpaired) electrons. The average Bonchev–Trinajstić information content (AvgIpc) is 2.23. The lowest BCUT2D eigenvalue weighted by Crippen LogP contribution is -1.99. The van der Waals surface area contributed by atoms with Gasteiger partial charge in [-0.1, -0.05) is 39.3 Å². The number of halogens is 1. The summed E-state index contributed by atoms with van der Waals surface area (Å²) in [5, 5.41) is 0.904. The van der Waals surface area contributed by atoms with Gasteiger partial charge in [-0.05, 0) is 29.9 Å². The van der Waals surface area contributed by atoms with Crippen LogP contribution in [0.4, 0.5) is 0 Å². The standard InChI is InChI=1S/C12H20ClN/c1-7(2)10-9(5)11(8(3)4)14(6)12(10)13/h7-8H,1-6H3. The Labute approximate surface area is 92.1 Å². The fourth-order valence-corrected chi connectivity index (χ4v) is 2.77. The van der Waals surface area contributed by atoms with E-state index in [2.05, 4.69) is 46.2 Å². The third-order valence-electron chi connectivity index (χ3n) is 2.79. The van der Waals surface area contributed by atoms with Gasteiger partial charge in [-0.15, -0.1) is 0 Å². The van der Waals surface area contributed by atoms with Gasteiger partial charge in [-0.2, -0.15) is 0 Å². The SMILES string of the molecule is Cc1c(C(C)C)c(Cl)n(C)c1C(C)C. The fraction of sp³-hybridized carbons (Fsp3) is 0.667. The molecular weight excluding hydrogens is 194 g/mol. The van der Waals surface area contributed by atoms with Gasteiger partial charge in [0.1, 0.15) is 5.15 Å². The van der Waals surface area contributed by atoms with Gasteiger partial charge in [0.2, 0.25) is 0 Å². The third kappa shape index (κ3) is 1.70. The molecule has 0 saturated heterocycles. The van der Waals surface area contributed by atoms with Crippen molar-refractivity contribution in [2.24, 2.45) is 7.05 Å². The molecule has 14 heavy (non-hydrogen) atoms. The Morgan fingerprint density at radius 2 is 1.57 bits per heavy atom. The zero-order chi connectivity index (χ0) is 11.0. The molecule has 0 aliphatic heterocycles. The highest BCUT2D eigenvalue weighted by molar-refractivity contribution is 6.30. The molecule has 0 unspecified atom stereocenters. The van der Waals surface area contributed by atoms with E-state index in [0.717, 1.165) is 5.15 Å². The lowest BCUT2D eigenvalue weighted by atomic mass is 9.98. The van der Waals surface area contributed by atoms with Gasteiger partial charge >= 0.3 is 0 Å². The quantitative estimate of drug-likeness (QED) is 0.693. The van der Waals surface area contributed by atoms with Gasteiger partial charge in [-0.3, -0.25) is 0 Å². The second-order valence-corrected chi connectivity index (χ2v) is 4.94. The van der Waals surface area contributed by atoms with Crippen LogP contribution in [0.15, 0.2) is 0 Å². The molecule has 1 aromatic rings. The zero-order valence-electron chi connectivity index (χ0n) is 9.98. The summed E-state index contributed by atoms with van der Waals surface area (Å²) in [6, 6.07) is 0. The molecule has 1 nitrogen and oxygen atoms in total. The molecule has 0 bridgehead atoms. The highest BCUT2D eigenvalue weighted by Gasteiger charge is 2.20. The van der Waals surface area contributed by atoms with Gasteiger partial charge < -0.3 is 4.57 Å². The van der Waals surface area contributed by atoms with Crippen LogP contribution in [-0.2, 0) is 7.05 Å². The minimum Gasteiger partial charge on any atom is -0.338 e. The van der Waals surface area contributed by atoms with Crippen molar-refractivity contribution < 1.29 is 0 Å². The monoisotopic (exact) mass is 213 g/mol. The van der Waals surface area contributed by atoms with E-state index < -0.39 is 0 Å². The summed E-state index contributed by atoms with van der Waals surface area (Å²) in [6.07, 6.45) is 0. The Morgan fingerprint density at radius 1 is 1.07 bits per heavy atom. The van der Waals surface area contributed by atoms with Gasteiger partial charge in [-0.25, -0.2) is 0 Å². The van der Waals surface area contributed by atoms with Gasteiger partial charge in [0, 0.05) is 12.7 Å². The highest BCUT2D eigenvalue weighted by Crippen LogP contribution is 2.34. The molecule has 80 valence electrons. The number of hydrogen-bond acceptors (Lipinski definition) is 0. The Morgan fingerprint density at radius 3 is 1.79 bits per heavy atom. The Kier molecular flexibility index (Phi) is 3.31. The first-order valence-electron chi connectivity index (χ1n) is 5.22. The van der Waals surface area contributed by atoms with Crippen molar-refractivity contribution in [2.75, 3.05) is 0 Å². The minimum atomic E-state index is 0.501. The molecule has 0 aliphatic rings. The van der Waals surface area contributed by atoms with Crippen LogP contribution in [0.3, 0.4) is 0 Å². The highest BCUT2D eigenvalue weighted by atomic mass is 35.5. The zero-order valence-corrected chi connectivity index (χ0v) is 10.7. The maximum absolute atomic E-state index is 6.32. The third-order valence-corrected chi connectivity index (χ3v) is 3.25. The first-order chi connectivity index (χ1) is 6.37. The van der Waals surface area contributed by atoms with Crippen molar-refractivity contribution in [3.05, 3.63) is 22.0 Å².